The van der Waals surface area contributed by atoms with Gasteiger partial charge in [-0.25, -0.2) is 18.2 Å². The van der Waals surface area contributed by atoms with Crippen molar-refractivity contribution in [3.63, 3.8) is 0 Å². The van der Waals surface area contributed by atoms with Gasteiger partial charge in [-0.05, 0) is 126 Å². The van der Waals surface area contributed by atoms with E-state index in [9.17, 15) is 0 Å². The zero-order valence-corrected chi connectivity index (χ0v) is 54.1. The molecule has 1 aliphatic heterocycles. The van der Waals surface area contributed by atoms with Crippen molar-refractivity contribution in [3.05, 3.63) is 221 Å². The molecule has 85 heavy (non-hydrogen) atoms. The Bertz CT molecular complexity index is 4120. The number of nitrogens with zero attached hydrogens (tertiary/aromatic N) is 4. The summed E-state index contributed by atoms with van der Waals surface area (Å²) in [5, 5.41) is 2.09. The molecular weight excluding hydrogens is 1240 g/mol. The molecule has 0 bridgehead atoms. The van der Waals surface area contributed by atoms with Gasteiger partial charge in [-0.2, -0.15) is 6.07 Å². The van der Waals surface area contributed by atoms with Crippen LogP contribution < -0.4 is 14.5 Å². The monoisotopic (exact) mass is 1310 g/mol. The summed E-state index contributed by atoms with van der Waals surface area (Å²) >= 11 is 0. The average molecular weight is 1310 g/mol. The topological polar surface area (TPSA) is 33.5 Å². The van der Waals surface area contributed by atoms with Gasteiger partial charge in [0.05, 0.1) is 5.56 Å². The molecular formula is C76H76F3N4OPt-3. The van der Waals surface area contributed by atoms with Gasteiger partial charge >= 0.3 is 0 Å². The molecule has 0 saturated heterocycles. The Hall–Kier alpha value is -7.41. The van der Waals surface area contributed by atoms with E-state index >= 15 is 13.2 Å². The fourth-order valence-corrected chi connectivity index (χ4v) is 11.4. The summed E-state index contributed by atoms with van der Waals surface area (Å²) in [6.45, 7) is 37.1. The van der Waals surface area contributed by atoms with Gasteiger partial charge in [0, 0.05) is 84.6 Å². The molecule has 0 saturated carbocycles. The summed E-state index contributed by atoms with van der Waals surface area (Å²) in [6.07, 6.45) is 1.88. The van der Waals surface area contributed by atoms with Crippen LogP contribution in [0.1, 0.15) is 156 Å². The van der Waals surface area contributed by atoms with Gasteiger partial charge in [0.2, 0.25) is 0 Å². The summed E-state index contributed by atoms with van der Waals surface area (Å²) in [5.74, 6) is -0.865. The minimum Gasteiger partial charge on any atom is -0.509 e. The standard InChI is InChI=1S/C76H76F3N4O.Pt/c1-45(2)47-29-48(46(3)4)31-51(30-47)62-37-55(76(14,15)16)38-63(71-64(78)40-56(77)41-65(71)79)72(62)82-44-81(67-23-19-20-24-68(67)82)57-34-50(49-32-53(74(8,9)10)36-54(33-49)75(11,12)13)35-59(42-57)84-58-25-26-61-60-21-17-18-22-66(60)83(69(61)43-58)70-39-52(27-28-80-70)73(5,6)7;/h17-41,44-46H,1-16H3;/q-3;. The van der Waals surface area contributed by atoms with Crippen LogP contribution in [0.25, 0.3) is 61.0 Å². The van der Waals surface area contributed by atoms with Crippen LogP contribution >= 0.6 is 0 Å². The second-order valence-electron chi connectivity index (χ2n) is 27.6. The van der Waals surface area contributed by atoms with E-state index in [1.165, 1.54) is 16.7 Å². The molecule has 5 nitrogen and oxygen atoms in total. The molecule has 0 atom stereocenters. The van der Waals surface area contributed by atoms with E-state index in [2.05, 4.69) is 223 Å². The molecule has 0 unspecified atom stereocenters. The van der Waals surface area contributed by atoms with Crippen LogP contribution in [0.15, 0.2) is 152 Å². The summed E-state index contributed by atoms with van der Waals surface area (Å²) in [6, 6.07) is 55.4. The first-order valence-corrected chi connectivity index (χ1v) is 29.4. The van der Waals surface area contributed by atoms with Crippen molar-refractivity contribution in [2.75, 3.05) is 9.80 Å². The Kier molecular flexibility index (Phi) is 16.0. The minimum atomic E-state index is -0.992. The molecule has 440 valence electrons. The zero-order valence-electron chi connectivity index (χ0n) is 51.8. The number of aromatic nitrogens is 2. The zero-order chi connectivity index (χ0) is 60.1. The van der Waals surface area contributed by atoms with Gasteiger partial charge in [-0.1, -0.05) is 183 Å². The molecule has 0 radical (unpaired) electrons. The molecule has 0 spiro atoms. The molecule has 3 heterocycles. The molecule has 8 aromatic carbocycles. The fourth-order valence-electron chi connectivity index (χ4n) is 11.4. The van der Waals surface area contributed by atoms with Crippen LogP contribution in [0.2, 0.25) is 0 Å². The van der Waals surface area contributed by atoms with Gasteiger partial charge in [-0.15, -0.1) is 53.6 Å². The maximum Gasteiger partial charge on any atom is 0.136 e. The first-order chi connectivity index (χ1) is 39.5. The van der Waals surface area contributed by atoms with Gasteiger partial charge in [-0.3, -0.25) is 0 Å². The van der Waals surface area contributed by atoms with Gasteiger partial charge in [0.1, 0.15) is 23.3 Å². The molecule has 10 aromatic rings. The molecule has 2 aromatic heterocycles. The van der Waals surface area contributed by atoms with E-state index in [1.54, 1.807) is 0 Å². The van der Waals surface area contributed by atoms with Gasteiger partial charge in [0.25, 0.3) is 0 Å². The number of hydrogen-bond donors (Lipinski definition) is 0. The molecule has 0 N–H and O–H groups in total. The number of fused-ring (bicyclic) bond motifs is 4. The van der Waals surface area contributed by atoms with E-state index < -0.39 is 22.9 Å². The third-order valence-corrected chi connectivity index (χ3v) is 16.5. The van der Waals surface area contributed by atoms with Crippen LogP contribution in [0, 0.1) is 36.3 Å². The Morgan fingerprint density at radius 3 is 1.65 bits per heavy atom. The Morgan fingerprint density at radius 2 is 1.05 bits per heavy atom. The Labute approximate surface area is 516 Å². The number of para-hydroxylation sites is 3. The van der Waals surface area contributed by atoms with E-state index in [0.29, 0.717) is 28.4 Å². The predicted octanol–water partition coefficient (Wildman–Crippen LogP) is 21.8. The summed E-state index contributed by atoms with van der Waals surface area (Å²) in [4.78, 5) is 9.04. The summed E-state index contributed by atoms with van der Waals surface area (Å²) in [5.41, 5.74) is 14.0. The van der Waals surface area contributed by atoms with Gasteiger partial charge < -0.3 is 19.1 Å². The van der Waals surface area contributed by atoms with E-state index in [1.807, 2.05) is 60.2 Å². The molecule has 9 heteroatoms. The number of rotatable bonds is 10. The average Bonchev–Trinajstić information content (AvgIpc) is 2.37. The van der Waals surface area contributed by atoms with E-state index in [0.717, 1.165) is 90.1 Å². The SMILES string of the molecule is CC(C)c1cc(-c2cc(C(C)(C)C)cc(-c3c(F)cc(F)cc3F)c2N2[CH-]N(c3[c-]c(Oc4[c-]c5c(cc4)c4ccccc4n5-c4cc(C(C)(C)C)ccn4)cc(-c4cc(C(C)(C)C)cc(C(C)(C)C)c4)c3)c3ccccc32)cc(C(C)C)c1.[Pt]. The van der Waals surface area contributed by atoms with Gasteiger partial charge in [0.15, 0.2) is 0 Å². The van der Waals surface area contributed by atoms with Crippen LogP contribution in [0.5, 0.6) is 11.5 Å². The Balaban J connectivity index is 0.00000803. The van der Waals surface area contributed by atoms with Crippen molar-refractivity contribution in [2.45, 2.75) is 144 Å². The van der Waals surface area contributed by atoms with E-state index in [4.69, 9.17) is 9.72 Å². The number of hydrogen-bond acceptors (Lipinski definition) is 4. The fraction of sp³-hybridized carbons (Fsp3) is 0.289. The molecule has 11 rings (SSSR count). The maximum absolute atomic E-state index is 16.8. The van der Waals surface area contributed by atoms with Crippen LogP contribution in [-0.2, 0) is 42.7 Å². The van der Waals surface area contributed by atoms with Crippen molar-refractivity contribution in [2.24, 2.45) is 0 Å². The predicted molar refractivity (Wildman–Crippen MR) is 343 cm³/mol. The van der Waals surface area contributed by atoms with Crippen molar-refractivity contribution in [1.82, 2.24) is 9.55 Å². The normalized spacial score (nSPS) is 13.1. The number of benzene rings is 8. The molecule has 0 aliphatic carbocycles. The first-order valence-electron chi connectivity index (χ1n) is 29.4. The third kappa shape index (κ3) is 11.9. The smallest absolute Gasteiger partial charge is 0.136 e. The number of halogens is 3. The Morgan fingerprint density at radius 1 is 0.494 bits per heavy atom. The van der Waals surface area contributed by atoms with Crippen molar-refractivity contribution >= 4 is 44.6 Å². The second kappa shape index (κ2) is 22.5. The third-order valence-electron chi connectivity index (χ3n) is 16.5. The quantitative estimate of drug-likeness (QED) is 0.128. The van der Waals surface area contributed by atoms with Crippen LogP contribution in [0.4, 0.5) is 35.9 Å². The minimum absolute atomic E-state index is 0. The van der Waals surface area contributed by atoms with Crippen LogP contribution in [0.3, 0.4) is 0 Å². The maximum atomic E-state index is 16.8. The summed E-state index contributed by atoms with van der Waals surface area (Å²) < 4.78 is 57.9. The van der Waals surface area contributed by atoms with Crippen LogP contribution in [-0.4, -0.2) is 9.55 Å². The van der Waals surface area contributed by atoms with Crippen molar-refractivity contribution in [1.29, 1.82) is 0 Å². The van der Waals surface area contributed by atoms with Crippen molar-refractivity contribution in [3.8, 4) is 50.7 Å². The molecule has 0 amide bonds. The number of pyridine rings is 1. The second-order valence-corrected chi connectivity index (χ2v) is 27.6. The summed E-state index contributed by atoms with van der Waals surface area (Å²) in [7, 11) is 0. The van der Waals surface area contributed by atoms with E-state index in [-0.39, 0.29) is 54.7 Å². The molecule has 1 aliphatic rings. The number of anilines is 4. The largest absolute Gasteiger partial charge is 0.509 e. The molecule has 0 fully saturated rings. The van der Waals surface area contributed by atoms with Crippen molar-refractivity contribution < 1.29 is 39.0 Å². The number of ether oxygens (including phenoxy) is 1. The first kappa shape index (κ1) is 60.7.